The highest BCUT2D eigenvalue weighted by molar-refractivity contribution is 7.90. The maximum absolute atomic E-state index is 13.3. The molecule has 4 aliphatic rings. The van der Waals surface area contributed by atoms with Crippen LogP contribution < -0.4 is 4.74 Å². The summed E-state index contributed by atoms with van der Waals surface area (Å²) in [5.74, 6) is 1.27. The Labute approximate surface area is 170 Å². The van der Waals surface area contributed by atoms with E-state index < -0.39 is 10.0 Å². The summed E-state index contributed by atoms with van der Waals surface area (Å²) in [5.41, 5.74) is 1.54. The van der Waals surface area contributed by atoms with E-state index in [9.17, 15) is 12.8 Å². The van der Waals surface area contributed by atoms with Gasteiger partial charge >= 0.3 is 0 Å². The summed E-state index contributed by atoms with van der Waals surface area (Å²) >= 11 is 0. The van der Waals surface area contributed by atoms with Gasteiger partial charge in [0.1, 0.15) is 24.0 Å². The van der Waals surface area contributed by atoms with Gasteiger partial charge in [0.25, 0.3) is 10.0 Å². The molecule has 0 spiro atoms. The zero-order valence-electron chi connectivity index (χ0n) is 16.1. The van der Waals surface area contributed by atoms with Crippen LogP contribution in [0.3, 0.4) is 0 Å². The molecule has 7 heteroatoms. The van der Waals surface area contributed by atoms with E-state index in [0.717, 1.165) is 42.6 Å². The maximum Gasteiger partial charge on any atom is 0.256 e. The molecule has 2 aromatic carbocycles. The zero-order valence-corrected chi connectivity index (χ0v) is 16.9. The number of fused-ring (bicyclic) bond motifs is 2. The molecule has 0 unspecified atom stereocenters. The lowest BCUT2D eigenvalue weighted by Crippen LogP contribution is -2.62. The van der Waals surface area contributed by atoms with Gasteiger partial charge in [-0.05, 0) is 61.1 Å². The molecular formula is C22H23FN2O3S. The molecule has 2 bridgehead atoms. The Hall–Kier alpha value is -2.41. The van der Waals surface area contributed by atoms with E-state index in [2.05, 4.69) is 9.30 Å². The molecule has 152 valence electrons. The fraction of sp³-hybridized carbons (Fsp3) is 0.409. The smallest absolute Gasteiger partial charge is 0.256 e. The number of sulfonamides is 1. The topological polar surface area (TPSA) is 59.0 Å². The summed E-state index contributed by atoms with van der Waals surface area (Å²) in [4.78, 5) is 2.22. The van der Waals surface area contributed by atoms with E-state index >= 15 is 0 Å². The largest absolute Gasteiger partial charge is 0.489 e. The van der Waals surface area contributed by atoms with E-state index in [0.29, 0.717) is 24.9 Å². The summed E-state index contributed by atoms with van der Waals surface area (Å²) < 4.78 is 47.7. The first kappa shape index (κ1) is 18.6. The summed E-state index contributed by atoms with van der Waals surface area (Å²) in [5, 5.41) is 0. The Balaban J connectivity index is 1.41. The van der Waals surface area contributed by atoms with Crippen molar-refractivity contribution in [3.8, 4) is 5.75 Å². The van der Waals surface area contributed by atoms with Gasteiger partial charge in [-0.15, -0.1) is 4.40 Å². The van der Waals surface area contributed by atoms with Crippen LogP contribution in [0.1, 0.15) is 36.8 Å². The molecule has 3 fully saturated rings. The summed E-state index contributed by atoms with van der Waals surface area (Å²) in [6.07, 6.45) is 3.98. The van der Waals surface area contributed by atoms with E-state index in [1.165, 1.54) is 12.1 Å². The van der Waals surface area contributed by atoms with E-state index in [4.69, 9.17) is 4.74 Å². The minimum absolute atomic E-state index is 0.107. The zero-order chi connectivity index (χ0) is 20.1. The molecule has 3 heterocycles. The third-order valence-electron chi connectivity index (χ3n) is 6.47. The van der Waals surface area contributed by atoms with Gasteiger partial charge in [0.2, 0.25) is 0 Å². The number of nitrogens with zero attached hydrogens (tertiary/aromatic N) is 2. The predicted octanol–water partition coefficient (Wildman–Crippen LogP) is 3.64. The molecule has 6 rings (SSSR count). The van der Waals surface area contributed by atoms with Gasteiger partial charge in [0, 0.05) is 12.6 Å². The van der Waals surface area contributed by atoms with Gasteiger partial charge in [-0.2, -0.15) is 0 Å². The molecule has 2 saturated heterocycles. The van der Waals surface area contributed by atoms with Crippen molar-refractivity contribution in [2.24, 2.45) is 4.40 Å². The van der Waals surface area contributed by atoms with Crippen LogP contribution in [0.25, 0.3) is 0 Å². The maximum atomic E-state index is 13.3. The predicted molar refractivity (Wildman–Crippen MR) is 109 cm³/mol. The average molecular weight is 415 g/mol. The van der Waals surface area contributed by atoms with Crippen molar-refractivity contribution in [1.82, 2.24) is 4.90 Å². The number of hydrogen-bond donors (Lipinski definition) is 0. The van der Waals surface area contributed by atoms with Gasteiger partial charge < -0.3 is 9.64 Å². The Morgan fingerprint density at radius 2 is 1.90 bits per heavy atom. The quantitative estimate of drug-likeness (QED) is 0.766. The molecule has 29 heavy (non-hydrogen) atoms. The van der Waals surface area contributed by atoms with Crippen LogP contribution in [0.5, 0.6) is 5.75 Å². The van der Waals surface area contributed by atoms with Crippen molar-refractivity contribution >= 4 is 15.9 Å². The molecule has 0 radical (unpaired) electrons. The summed E-state index contributed by atoms with van der Waals surface area (Å²) in [6.45, 7) is 0.838. The monoisotopic (exact) mass is 414 g/mol. The number of piperidine rings is 2. The highest BCUT2D eigenvalue weighted by atomic mass is 32.2. The molecule has 3 aliphatic heterocycles. The van der Waals surface area contributed by atoms with Crippen molar-refractivity contribution in [3.63, 3.8) is 0 Å². The first-order valence-corrected chi connectivity index (χ1v) is 11.6. The first-order chi connectivity index (χ1) is 14.0. The normalized spacial score (nSPS) is 27.3. The van der Waals surface area contributed by atoms with Crippen molar-refractivity contribution in [1.29, 1.82) is 0 Å². The highest BCUT2D eigenvalue weighted by Gasteiger charge is 2.52. The lowest BCUT2D eigenvalue weighted by Gasteiger charge is -2.55. The molecule has 0 N–H and O–H groups in total. The minimum atomic E-state index is -3.38. The second-order valence-electron chi connectivity index (χ2n) is 8.15. The lowest BCUT2D eigenvalue weighted by atomic mass is 9.63. The molecule has 2 aromatic rings. The van der Waals surface area contributed by atoms with Gasteiger partial charge in [-0.1, -0.05) is 24.3 Å². The van der Waals surface area contributed by atoms with Crippen molar-refractivity contribution in [2.45, 2.75) is 43.7 Å². The van der Waals surface area contributed by atoms with Crippen LogP contribution in [0.4, 0.5) is 4.39 Å². The van der Waals surface area contributed by atoms with E-state index in [1.807, 2.05) is 30.3 Å². The fourth-order valence-corrected chi connectivity index (χ4v) is 6.04. The van der Waals surface area contributed by atoms with Gasteiger partial charge in [-0.25, -0.2) is 12.8 Å². The van der Waals surface area contributed by atoms with Crippen molar-refractivity contribution in [2.75, 3.05) is 12.3 Å². The average Bonchev–Trinajstić information content (AvgIpc) is 2.73. The second-order valence-corrected chi connectivity index (χ2v) is 9.91. The molecule has 1 aliphatic carbocycles. The van der Waals surface area contributed by atoms with E-state index in [1.54, 1.807) is 6.07 Å². The van der Waals surface area contributed by atoms with Crippen LogP contribution in [0, 0.1) is 5.82 Å². The number of ether oxygens (including phenoxy) is 1. The number of hydrogen-bond acceptors (Lipinski definition) is 4. The lowest BCUT2D eigenvalue weighted by molar-refractivity contribution is 0.151. The van der Waals surface area contributed by atoms with Crippen LogP contribution in [-0.4, -0.2) is 37.5 Å². The number of rotatable bonds is 4. The van der Waals surface area contributed by atoms with Crippen LogP contribution in [0.2, 0.25) is 0 Å². The van der Waals surface area contributed by atoms with Crippen molar-refractivity contribution < 1.29 is 17.5 Å². The van der Waals surface area contributed by atoms with Gasteiger partial charge in [0.15, 0.2) is 0 Å². The van der Waals surface area contributed by atoms with Crippen LogP contribution >= 0.6 is 0 Å². The third-order valence-corrected chi connectivity index (χ3v) is 7.62. The first-order valence-electron chi connectivity index (χ1n) is 10.0. The number of benzene rings is 2. The van der Waals surface area contributed by atoms with Crippen LogP contribution in [-0.2, 0) is 22.0 Å². The number of halogens is 1. The molecule has 0 aromatic heterocycles. The molecule has 1 saturated carbocycles. The Kier molecular flexibility index (Phi) is 4.38. The molecule has 5 nitrogen and oxygen atoms in total. The Bertz CT molecular complexity index is 1060. The summed E-state index contributed by atoms with van der Waals surface area (Å²) in [7, 11) is -3.38. The Morgan fingerprint density at radius 1 is 1.14 bits per heavy atom. The van der Waals surface area contributed by atoms with E-state index in [-0.39, 0.29) is 17.0 Å². The third kappa shape index (κ3) is 3.31. The SMILES string of the molecule is O=S1(=O)CCN2C(=N1)C1(c3ccc(OCc4cccc(F)c4)cc3)CCC2CC1. The highest BCUT2D eigenvalue weighted by Crippen LogP contribution is 2.49. The minimum Gasteiger partial charge on any atom is -0.489 e. The molecule has 0 atom stereocenters. The van der Waals surface area contributed by atoms with Gasteiger partial charge in [0.05, 0.1) is 11.2 Å². The van der Waals surface area contributed by atoms with Gasteiger partial charge in [-0.3, -0.25) is 0 Å². The second kappa shape index (κ2) is 6.83. The van der Waals surface area contributed by atoms with Crippen LogP contribution in [0.15, 0.2) is 52.9 Å². The molecule has 0 amide bonds. The number of amidine groups is 1. The Morgan fingerprint density at radius 3 is 2.62 bits per heavy atom. The fourth-order valence-electron chi connectivity index (χ4n) is 4.98. The molecular weight excluding hydrogens is 391 g/mol. The van der Waals surface area contributed by atoms with Crippen molar-refractivity contribution in [3.05, 3.63) is 65.5 Å². The standard InChI is InChI=1S/C22H23FN2O3S/c23-18-3-1-2-16(14-18)15-28-20-6-4-17(5-7-20)22-10-8-19(9-11-22)25-12-13-29(26,27)24-21(22)25/h1-7,14,19H,8-13,15H2. The summed E-state index contributed by atoms with van der Waals surface area (Å²) in [6, 6.07) is 14.6.